The molecular weight excluding hydrogens is 264 g/mol. The highest BCUT2D eigenvalue weighted by Crippen LogP contribution is 2.30. The number of nitrogens with one attached hydrogen (secondary N) is 1. The van der Waals surface area contributed by atoms with Crippen LogP contribution in [0.15, 0.2) is 24.3 Å². The van der Waals surface area contributed by atoms with Crippen molar-refractivity contribution in [3.8, 4) is 5.75 Å². The van der Waals surface area contributed by atoms with Crippen LogP contribution in [-0.4, -0.2) is 32.4 Å². The highest BCUT2D eigenvalue weighted by atomic mass is 16.5. The van der Waals surface area contributed by atoms with Gasteiger partial charge < -0.3 is 14.4 Å². The fraction of sp³-hybridized carbons (Fsp3) is 0.471. The van der Waals surface area contributed by atoms with Crippen molar-refractivity contribution >= 4 is 16.6 Å². The van der Waals surface area contributed by atoms with Crippen LogP contribution in [0.4, 0.5) is 5.69 Å². The van der Waals surface area contributed by atoms with Crippen molar-refractivity contribution in [2.75, 3.05) is 25.1 Å². The molecule has 2 atom stereocenters. The molecule has 1 fully saturated rings. The number of hydrogen-bond acceptors (Lipinski definition) is 3. The van der Waals surface area contributed by atoms with Crippen LogP contribution in [0.5, 0.6) is 5.75 Å². The first kappa shape index (κ1) is 14.1. The van der Waals surface area contributed by atoms with Crippen LogP contribution >= 0.6 is 0 Å². The summed E-state index contributed by atoms with van der Waals surface area (Å²) in [5, 5.41) is 1.20. The SMILES string of the molecule is COc1ccc2[nH+]c(C)cc(N3C[C@H](C)O[C@@H](C)C3)c2c1. The molecule has 2 heterocycles. The van der Waals surface area contributed by atoms with Gasteiger partial charge in [0.15, 0.2) is 5.69 Å². The number of nitrogens with zero attached hydrogens (tertiary/aromatic N) is 1. The predicted octanol–water partition coefficient (Wildman–Crippen LogP) is 2.58. The summed E-state index contributed by atoms with van der Waals surface area (Å²) in [4.78, 5) is 5.85. The van der Waals surface area contributed by atoms with Crippen molar-refractivity contribution in [1.82, 2.24) is 0 Å². The summed E-state index contributed by atoms with van der Waals surface area (Å²) in [5.74, 6) is 0.885. The number of ether oxygens (including phenoxy) is 2. The van der Waals surface area contributed by atoms with E-state index in [1.165, 1.54) is 11.1 Å². The number of methoxy groups -OCH3 is 1. The maximum Gasteiger partial charge on any atom is 0.213 e. The molecule has 1 aromatic carbocycles. The predicted molar refractivity (Wildman–Crippen MR) is 84.0 cm³/mol. The van der Waals surface area contributed by atoms with Crippen LogP contribution in [0.25, 0.3) is 10.9 Å². The van der Waals surface area contributed by atoms with Crippen molar-refractivity contribution in [3.63, 3.8) is 0 Å². The molecule has 0 aliphatic carbocycles. The standard InChI is InChI=1S/C17H22N2O2/c1-11-7-17(19-9-12(2)21-13(3)10-19)15-8-14(20-4)5-6-16(15)18-11/h5-8,12-13H,9-10H2,1-4H3/p+1/t12-,13-/m0/s1. The molecule has 0 spiro atoms. The normalized spacial score (nSPS) is 22.6. The van der Waals surface area contributed by atoms with E-state index in [-0.39, 0.29) is 12.2 Å². The minimum absolute atomic E-state index is 0.249. The summed E-state index contributed by atoms with van der Waals surface area (Å²) < 4.78 is 11.2. The third-order valence-electron chi connectivity index (χ3n) is 3.95. The number of aromatic amines is 1. The molecule has 0 radical (unpaired) electrons. The molecule has 21 heavy (non-hydrogen) atoms. The molecule has 1 aliphatic heterocycles. The molecule has 1 aromatic heterocycles. The highest BCUT2D eigenvalue weighted by molar-refractivity contribution is 5.91. The molecule has 0 unspecified atom stereocenters. The molecule has 1 saturated heterocycles. The molecule has 3 rings (SSSR count). The number of benzene rings is 1. The summed E-state index contributed by atoms with van der Waals surface area (Å²) in [7, 11) is 1.71. The Kier molecular flexibility index (Phi) is 3.72. The van der Waals surface area contributed by atoms with Crippen molar-refractivity contribution in [3.05, 3.63) is 30.0 Å². The van der Waals surface area contributed by atoms with E-state index in [4.69, 9.17) is 9.47 Å². The van der Waals surface area contributed by atoms with Gasteiger partial charge in [-0.15, -0.1) is 0 Å². The van der Waals surface area contributed by atoms with Gasteiger partial charge in [0.2, 0.25) is 5.52 Å². The van der Waals surface area contributed by atoms with Gasteiger partial charge in [-0.2, -0.15) is 0 Å². The zero-order chi connectivity index (χ0) is 15.0. The van der Waals surface area contributed by atoms with Crippen LogP contribution in [-0.2, 0) is 4.74 Å². The van der Waals surface area contributed by atoms with Gasteiger partial charge in [0, 0.05) is 32.1 Å². The molecule has 4 nitrogen and oxygen atoms in total. The molecule has 112 valence electrons. The van der Waals surface area contributed by atoms with Gasteiger partial charge in [0.05, 0.1) is 30.4 Å². The van der Waals surface area contributed by atoms with E-state index in [1.54, 1.807) is 7.11 Å². The van der Waals surface area contributed by atoms with Crippen LogP contribution in [0.1, 0.15) is 19.5 Å². The van der Waals surface area contributed by atoms with E-state index >= 15 is 0 Å². The van der Waals surface area contributed by atoms with E-state index in [0.29, 0.717) is 0 Å². The number of aromatic nitrogens is 1. The Bertz CT molecular complexity index is 647. The summed E-state index contributed by atoms with van der Waals surface area (Å²) in [6, 6.07) is 8.39. The van der Waals surface area contributed by atoms with Gasteiger partial charge in [-0.25, -0.2) is 4.98 Å². The lowest BCUT2D eigenvalue weighted by atomic mass is 10.1. The Balaban J connectivity index is 2.11. The number of aryl methyl sites for hydroxylation is 1. The van der Waals surface area contributed by atoms with Gasteiger partial charge in [-0.3, -0.25) is 0 Å². The molecular formula is C17H23N2O2+. The fourth-order valence-electron chi connectivity index (χ4n) is 3.14. The Morgan fingerprint density at radius 1 is 1.19 bits per heavy atom. The summed E-state index contributed by atoms with van der Waals surface area (Å²) in [6.45, 7) is 8.20. The van der Waals surface area contributed by atoms with E-state index in [1.807, 2.05) is 6.07 Å². The Morgan fingerprint density at radius 2 is 1.90 bits per heavy atom. The maximum absolute atomic E-state index is 5.85. The van der Waals surface area contributed by atoms with Gasteiger partial charge in [-0.1, -0.05) is 0 Å². The summed E-state index contributed by atoms with van der Waals surface area (Å²) >= 11 is 0. The number of fused-ring (bicyclic) bond motifs is 1. The number of morpholine rings is 1. The van der Waals surface area contributed by atoms with Crippen molar-refractivity contribution < 1.29 is 14.5 Å². The van der Waals surface area contributed by atoms with Gasteiger partial charge in [-0.05, 0) is 26.0 Å². The van der Waals surface area contributed by atoms with E-state index < -0.39 is 0 Å². The molecule has 1 aliphatic rings. The fourth-order valence-corrected chi connectivity index (χ4v) is 3.14. The van der Waals surface area contributed by atoms with E-state index in [0.717, 1.165) is 30.0 Å². The average Bonchev–Trinajstić information content (AvgIpc) is 2.44. The minimum Gasteiger partial charge on any atom is -0.497 e. The lowest BCUT2D eigenvalue weighted by molar-refractivity contribution is -0.354. The second kappa shape index (κ2) is 5.53. The monoisotopic (exact) mass is 287 g/mol. The van der Waals surface area contributed by atoms with Crippen molar-refractivity contribution in [1.29, 1.82) is 0 Å². The molecule has 0 saturated carbocycles. The van der Waals surface area contributed by atoms with E-state index in [9.17, 15) is 0 Å². The largest absolute Gasteiger partial charge is 0.497 e. The number of anilines is 1. The molecule has 4 heteroatoms. The van der Waals surface area contributed by atoms with Gasteiger partial charge >= 0.3 is 0 Å². The smallest absolute Gasteiger partial charge is 0.213 e. The summed E-state index contributed by atoms with van der Waals surface area (Å²) in [5.41, 5.74) is 3.55. The topological polar surface area (TPSA) is 35.8 Å². The zero-order valence-corrected chi connectivity index (χ0v) is 13.1. The highest BCUT2D eigenvalue weighted by Gasteiger charge is 2.25. The van der Waals surface area contributed by atoms with Crippen LogP contribution < -0.4 is 14.6 Å². The molecule has 0 bridgehead atoms. The van der Waals surface area contributed by atoms with Crippen LogP contribution in [0, 0.1) is 6.92 Å². The lowest BCUT2D eigenvalue weighted by Gasteiger charge is -2.37. The maximum atomic E-state index is 5.85. The first-order chi connectivity index (χ1) is 10.1. The summed E-state index contributed by atoms with van der Waals surface area (Å²) in [6.07, 6.45) is 0.498. The quantitative estimate of drug-likeness (QED) is 0.851. The Morgan fingerprint density at radius 3 is 2.57 bits per heavy atom. The van der Waals surface area contributed by atoms with Crippen LogP contribution in [0.3, 0.4) is 0 Å². The third-order valence-corrected chi connectivity index (χ3v) is 3.95. The van der Waals surface area contributed by atoms with Gasteiger partial charge in [0.1, 0.15) is 5.75 Å². The van der Waals surface area contributed by atoms with E-state index in [2.05, 4.69) is 48.9 Å². The molecule has 0 amide bonds. The first-order valence-corrected chi connectivity index (χ1v) is 7.48. The zero-order valence-electron chi connectivity index (χ0n) is 13.1. The lowest BCUT2D eigenvalue weighted by Crippen LogP contribution is -2.45. The second-order valence-corrected chi connectivity index (χ2v) is 5.91. The Labute approximate surface area is 125 Å². The number of pyridine rings is 1. The Hall–Kier alpha value is -1.81. The first-order valence-electron chi connectivity index (χ1n) is 7.48. The number of rotatable bonds is 2. The molecule has 2 aromatic rings. The van der Waals surface area contributed by atoms with Crippen molar-refractivity contribution in [2.24, 2.45) is 0 Å². The molecule has 1 N–H and O–H groups in total. The number of hydrogen-bond donors (Lipinski definition) is 0. The van der Waals surface area contributed by atoms with Crippen molar-refractivity contribution in [2.45, 2.75) is 33.0 Å². The van der Waals surface area contributed by atoms with Gasteiger partial charge in [0.25, 0.3) is 0 Å². The number of H-pyrrole nitrogens is 1. The minimum atomic E-state index is 0.249. The second-order valence-electron chi connectivity index (χ2n) is 5.91. The third kappa shape index (κ3) is 2.81. The average molecular weight is 287 g/mol. The van der Waals surface area contributed by atoms with Crippen LogP contribution in [0.2, 0.25) is 0 Å².